The molecule has 1 atom stereocenters. The SMILES string of the molecule is NC(=O)C[C@@H](NC(=O)c1ccc(Cl)cc1)C(=O)OCc1ccccc1. The van der Waals surface area contributed by atoms with Gasteiger partial charge in [0.15, 0.2) is 0 Å². The number of hydrogen-bond donors (Lipinski definition) is 2. The lowest BCUT2D eigenvalue weighted by Crippen LogP contribution is -2.44. The van der Waals surface area contributed by atoms with E-state index in [2.05, 4.69) is 5.32 Å². The lowest BCUT2D eigenvalue weighted by molar-refractivity contribution is -0.148. The van der Waals surface area contributed by atoms with Crippen LogP contribution in [-0.2, 0) is 20.9 Å². The Morgan fingerprint density at radius 3 is 2.28 bits per heavy atom. The van der Waals surface area contributed by atoms with Crippen molar-refractivity contribution in [1.82, 2.24) is 5.32 Å². The Morgan fingerprint density at radius 1 is 1.04 bits per heavy atom. The molecule has 0 radical (unpaired) electrons. The number of benzene rings is 2. The molecule has 0 unspecified atom stereocenters. The minimum atomic E-state index is -1.16. The molecule has 2 amide bonds. The van der Waals surface area contributed by atoms with E-state index in [0.717, 1.165) is 5.56 Å². The Labute approximate surface area is 149 Å². The second kappa shape index (κ2) is 8.84. The molecule has 6 nitrogen and oxygen atoms in total. The minimum absolute atomic E-state index is 0.0335. The predicted octanol–water partition coefficient (Wildman–Crippen LogP) is 2.06. The number of carbonyl (C=O) groups is 3. The van der Waals surface area contributed by atoms with E-state index in [9.17, 15) is 14.4 Å². The Kier molecular flexibility index (Phi) is 6.54. The molecule has 0 aliphatic carbocycles. The van der Waals surface area contributed by atoms with Crippen molar-refractivity contribution in [2.75, 3.05) is 0 Å². The second-order valence-corrected chi connectivity index (χ2v) is 5.73. The molecule has 2 aromatic carbocycles. The zero-order valence-electron chi connectivity index (χ0n) is 13.3. The van der Waals surface area contributed by atoms with Crippen molar-refractivity contribution in [2.24, 2.45) is 5.73 Å². The fourth-order valence-electron chi connectivity index (χ4n) is 2.07. The zero-order valence-corrected chi connectivity index (χ0v) is 14.0. The Hall–Kier alpha value is -2.86. The lowest BCUT2D eigenvalue weighted by Gasteiger charge is -2.16. The van der Waals surface area contributed by atoms with Crippen LogP contribution in [0.5, 0.6) is 0 Å². The Bertz CT molecular complexity index is 747. The number of carbonyl (C=O) groups excluding carboxylic acids is 3. The van der Waals surface area contributed by atoms with E-state index in [0.29, 0.717) is 10.6 Å². The fraction of sp³-hybridized carbons (Fsp3) is 0.167. The van der Waals surface area contributed by atoms with Crippen molar-refractivity contribution >= 4 is 29.4 Å². The lowest BCUT2D eigenvalue weighted by atomic mass is 10.1. The summed E-state index contributed by atoms with van der Waals surface area (Å²) in [5.74, 6) is -1.98. The monoisotopic (exact) mass is 360 g/mol. The van der Waals surface area contributed by atoms with Crippen LogP contribution in [0.15, 0.2) is 54.6 Å². The topological polar surface area (TPSA) is 98.5 Å². The molecule has 0 saturated carbocycles. The van der Waals surface area contributed by atoms with E-state index in [1.165, 1.54) is 12.1 Å². The third-order valence-corrected chi connectivity index (χ3v) is 3.58. The van der Waals surface area contributed by atoms with E-state index < -0.39 is 23.8 Å². The summed E-state index contributed by atoms with van der Waals surface area (Å²) < 4.78 is 5.16. The highest BCUT2D eigenvalue weighted by molar-refractivity contribution is 6.30. The zero-order chi connectivity index (χ0) is 18.2. The van der Waals surface area contributed by atoms with Crippen LogP contribution in [-0.4, -0.2) is 23.8 Å². The van der Waals surface area contributed by atoms with Crippen molar-refractivity contribution in [1.29, 1.82) is 0 Å². The average Bonchev–Trinajstić information content (AvgIpc) is 2.60. The number of nitrogens with one attached hydrogen (secondary N) is 1. The summed E-state index contributed by atoms with van der Waals surface area (Å²) in [6.45, 7) is 0.0335. The standard InChI is InChI=1S/C18H17ClN2O4/c19-14-8-6-13(7-9-14)17(23)21-15(10-16(20)22)18(24)25-11-12-4-2-1-3-5-12/h1-9,15H,10-11H2,(H2,20,22)(H,21,23)/t15-/m1/s1. The molecule has 25 heavy (non-hydrogen) atoms. The van der Waals surface area contributed by atoms with Gasteiger partial charge >= 0.3 is 5.97 Å². The van der Waals surface area contributed by atoms with E-state index in [1.807, 2.05) is 18.2 Å². The predicted molar refractivity (Wildman–Crippen MR) is 92.8 cm³/mol. The molecule has 0 fully saturated rings. The van der Waals surface area contributed by atoms with Crippen LogP contribution in [0.1, 0.15) is 22.3 Å². The van der Waals surface area contributed by atoms with Gasteiger partial charge in [-0.05, 0) is 29.8 Å². The quantitative estimate of drug-likeness (QED) is 0.738. The van der Waals surface area contributed by atoms with Gasteiger partial charge in [-0.2, -0.15) is 0 Å². The molecule has 0 aromatic heterocycles. The summed E-state index contributed by atoms with van der Waals surface area (Å²) >= 11 is 5.77. The van der Waals surface area contributed by atoms with E-state index in [-0.39, 0.29) is 13.0 Å². The fourth-order valence-corrected chi connectivity index (χ4v) is 2.19. The van der Waals surface area contributed by atoms with Crippen LogP contribution in [0.25, 0.3) is 0 Å². The number of halogens is 1. The van der Waals surface area contributed by atoms with Crippen LogP contribution in [0.4, 0.5) is 0 Å². The highest BCUT2D eigenvalue weighted by atomic mass is 35.5. The summed E-state index contributed by atoms with van der Waals surface area (Å²) in [6, 6.07) is 14.0. The molecule has 3 N–H and O–H groups in total. The van der Waals surface area contributed by atoms with E-state index >= 15 is 0 Å². The first-order valence-corrected chi connectivity index (χ1v) is 7.89. The molecule has 0 aliphatic rings. The highest BCUT2D eigenvalue weighted by Gasteiger charge is 2.25. The van der Waals surface area contributed by atoms with E-state index in [4.69, 9.17) is 22.1 Å². The first-order valence-electron chi connectivity index (χ1n) is 7.51. The number of amides is 2. The third kappa shape index (κ3) is 5.93. The van der Waals surface area contributed by atoms with Crippen LogP contribution in [0, 0.1) is 0 Å². The largest absolute Gasteiger partial charge is 0.459 e. The number of hydrogen-bond acceptors (Lipinski definition) is 4. The third-order valence-electron chi connectivity index (χ3n) is 3.33. The molecule has 130 valence electrons. The van der Waals surface area contributed by atoms with E-state index in [1.54, 1.807) is 24.3 Å². The molecular formula is C18H17ClN2O4. The average molecular weight is 361 g/mol. The number of primary amides is 1. The first kappa shape index (κ1) is 18.5. The number of ether oxygens (including phenoxy) is 1. The minimum Gasteiger partial charge on any atom is -0.459 e. The van der Waals surface area contributed by atoms with Gasteiger partial charge in [-0.25, -0.2) is 4.79 Å². The molecule has 2 rings (SSSR count). The van der Waals surface area contributed by atoms with Gasteiger partial charge in [0.25, 0.3) is 5.91 Å². The van der Waals surface area contributed by atoms with Crippen molar-refractivity contribution < 1.29 is 19.1 Å². The summed E-state index contributed by atoms with van der Waals surface area (Å²) in [4.78, 5) is 35.6. The van der Waals surface area contributed by atoms with Gasteiger partial charge in [0.1, 0.15) is 12.6 Å². The number of nitrogens with two attached hydrogens (primary N) is 1. The van der Waals surface area contributed by atoms with Gasteiger partial charge in [0, 0.05) is 10.6 Å². The number of esters is 1. The summed E-state index contributed by atoms with van der Waals surface area (Å²) in [7, 11) is 0. The van der Waals surface area contributed by atoms with Crippen LogP contribution in [0.3, 0.4) is 0 Å². The van der Waals surface area contributed by atoms with Crippen molar-refractivity contribution in [3.05, 3.63) is 70.7 Å². The maximum Gasteiger partial charge on any atom is 0.329 e. The Morgan fingerprint density at radius 2 is 1.68 bits per heavy atom. The summed E-state index contributed by atoms with van der Waals surface area (Å²) in [5, 5.41) is 2.94. The molecule has 0 heterocycles. The molecule has 0 bridgehead atoms. The van der Waals surface area contributed by atoms with Gasteiger partial charge in [-0.15, -0.1) is 0 Å². The highest BCUT2D eigenvalue weighted by Crippen LogP contribution is 2.10. The maximum absolute atomic E-state index is 12.2. The van der Waals surface area contributed by atoms with Gasteiger partial charge < -0.3 is 15.8 Å². The summed E-state index contributed by atoms with van der Waals surface area (Å²) in [5.41, 5.74) is 6.25. The van der Waals surface area contributed by atoms with Gasteiger partial charge in [-0.1, -0.05) is 41.9 Å². The second-order valence-electron chi connectivity index (χ2n) is 5.30. The van der Waals surface area contributed by atoms with Crippen molar-refractivity contribution in [3.8, 4) is 0 Å². The molecule has 0 spiro atoms. The van der Waals surface area contributed by atoms with Crippen molar-refractivity contribution in [3.63, 3.8) is 0 Å². The molecule has 2 aromatic rings. The Balaban J connectivity index is 2.01. The van der Waals surface area contributed by atoms with Crippen LogP contribution in [0.2, 0.25) is 5.02 Å². The molecule has 0 aliphatic heterocycles. The summed E-state index contributed by atoms with van der Waals surface area (Å²) in [6.07, 6.45) is -0.354. The maximum atomic E-state index is 12.2. The van der Waals surface area contributed by atoms with Gasteiger partial charge in [-0.3, -0.25) is 9.59 Å². The van der Waals surface area contributed by atoms with Crippen molar-refractivity contribution in [2.45, 2.75) is 19.1 Å². The van der Waals surface area contributed by atoms with Gasteiger partial charge in [0.2, 0.25) is 5.91 Å². The first-order chi connectivity index (χ1) is 12.0. The van der Waals surface area contributed by atoms with Crippen LogP contribution < -0.4 is 11.1 Å². The molecule has 7 heteroatoms. The smallest absolute Gasteiger partial charge is 0.329 e. The number of rotatable bonds is 7. The molecular weight excluding hydrogens is 344 g/mol. The molecule has 0 saturated heterocycles. The van der Waals surface area contributed by atoms with Crippen LogP contribution >= 0.6 is 11.6 Å². The van der Waals surface area contributed by atoms with Gasteiger partial charge in [0.05, 0.1) is 6.42 Å². The normalized spacial score (nSPS) is 11.4.